The summed E-state index contributed by atoms with van der Waals surface area (Å²) in [4.78, 5) is 25.4. The summed E-state index contributed by atoms with van der Waals surface area (Å²) in [5.41, 5.74) is 0.663. The van der Waals surface area contributed by atoms with Gasteiger partial charge in [-0.2, -0.15) is 0 Å². The molecule has 2 rings (SSSR count). The van der Waals surface area contributed by atoms with Gasteiger partial charge in [0.2, 0.25) is 0 Å². The zero-order valence-corrected chi connectivity index (χ0v) is 12.5. The maximum atomic E-state index is 12.3. The first kappa shape index (κ1) is 15.4. The first-order valence-corrected chi connectivity index (χ1v) is 7.22. The number of nitrogens with one attached hydrogen (secondary N) is 1. The first-order valence-electron chi connectivity index (χ1n) is 7.22. The molecule has 1 heterocycles. The molecule has 0 spiro atoms. The molecule has 1 aliphatic rings. The third-order valence-corrected chi connectivity index (χ3v) is 3.84. The van der Waals surface area contributed by atoms with E-state index in [1.807, 2.05) is 6.07 Å². The summed E-state index contributed by atoms with van der Waals surface area (Å²) in [6.07, 6.45) is 2.03. The third-order valence-electron chi connectivity index (χ3n) is 3.84. The van der Waals surface area contributed by atoms with Crippen molar-refractivity contribution >= 4 is 12.0 Å². The predicted octanol–water partition coefficient (Wildman–Crippen LogP) is 2.64. The molecule has 5 heteroatoms. The molecule has 21 heavy (non-hydrogen) atoms. The summed E-state index contributed by atoms with van der Waals surface area (Å²) >= 11 is 0. The van der Waals surface area contributed by atoms with Gasteiger partial charge in [-0.3, -0.25) is 0 Å². The second-order valence-corrected chi connectivity index (χ2v) is 6.32. The Bertz CT molecular complexity index is 514. The minimum absolute atomic E-state index is 0.0844. The molecular weight excluding hydrogens is 268 g/mol. The highest BCUT2D eigenvalue weighted by molar-refractivity contribution is 5.83. The first-order chi connectivity index (χ1) is 9.89. The van der Waals surface area contributed by atoms with Crippen LogP contribution in [0.25, 0.3) is 0 Å². The standard InChI is InChI=1S/C16H22N2O3/c1-16(2)9-6-10-18(11-16)15(21)17-13(14(19)20)12-7-4-3-5-8-12/h3-5,7-8,13H,6,9-11H2,1-2H3,(H,17,21)(H,19,20)/t13-/m0/s1. The summed E-state index contributed by atoms with van der Waals surface area (Å²) in [7, 11) is 0. The van der Waals surface area contributed by atoms with Crippen molar-refractivity contribution in [1.29, 1.82) is 0 Å². The van der Waals surface area contributed by atoms with E-state index < -0.39 is 12.0 Å². The number of likely N-dealkylation sites (tertiary alicyclic amines) is 1. The highest BCUT2D eigenvalue weighted by atomic mass is 16.4. The molecule has 5 nitrogen and oxygen atoms in total. The van der Waals surface area contributed by atoms with Gasteiger partial charge in [-0.1, -0.05) is 44.2 Å². The molecule has 1 fully saturated rings. The summed E-state index contributed by atoms with van der Waals surface area (Å²) < 4.78 is 0. The van der Waals surface area contributed by atoms with E-state index >= 15 is 0 Å². The number of nitrogens with zero attached hydrogens (tertiary/aromatic N) is 1. The SMILES string of the molecule is CC1(C)CCCN(C(=O)N[C@H](C(=O)O)c2ccccc2)C1. The van der Waals surface area contributed by atoms with Crippen molar-refractivity contribution in [3.8, 4) is 0 Å². The lowest BCUT2D eigenvalue weighted by Crippen LogP contribution is -2.49. The van der Waals surface area contributed by atoms with Crippen molar-refractivity contribution in [2.45, 2.75) is 32.7 Å². The highest BCUT2D eigenvalue weighted by Gasteiger charge is 2.31. The fourth-order valence-electron chi connectivity index (χ4n) is 2.74. The van der Waals surface area contributed by atoms with Crippen LogP contribution in [0.1, 0.15) is 38.3 Å². The number of urea groups is 1. The second-order valence-electron chi connectivity index (χ2n) is 6.32. The Kier molecular flexibility index (Phi) is 4.50. The fourth-order valence-corrected chi connectivity index (χ4v) is 2.74. The number of hydrogen-bond acceptors (Lipinski definition) is 2. The Morgan fingerprint density at radius 2 is 1.95 bits per heavy atom. The van der Waals surface area contributed by atoms with E-state index in [0.29, 0.717) is 18.7 Å². The largest absolute Gasteiger partial charge is 0.479 e. The minimum atomic E-state index is -1.05. The molecule has 0 radical (unpaired) electrons. The molecule has 2 amide bonds. The lowest BCUT2D eigenvalue weighted by molar-refractivity contribution is -0.139. The average Bonchev–Trinajstić information content (AvgIpc) is 2.44. The summed E-state index contributed by atoms with van der Waals surface area (Å²) in [5.74, 6) is -1.05. The number of carbonyl (C=O) groups is 2. The van der Waals surface area contributed by atoms with E-state index in [-0.39, 0.29) is 11.4 Å². The van der Waals surface area contributed by atoms with Crippen LogP contribution in [0.15, 0.2) is 30.3 Å². The number of aliphatic carboxylic acids is 1. The van der Waals surface area contributed by atoms with Gasteiger partial charge in [-0.25, -0.2) is 9.59 Å². The topological polar surface area (TPSA) is 69.6 Å². The van der Waals surface area contributed by atoms with Crippen molar-refractivity contribution in [1.82, 2.24) is 10.2 Å². The number of carboxylic acid groups (broad SMARTS) is 1. The van der Waals surface area contributed by atoms with Gasteiger partial charge in [-0.15, -0.1) is 0 Å². The summed E-state index contributed by atoms with van der Waals surface area (Å²) in [6.45, 7) is 5.58. The summed E-state index contributed by atoms with van der Waals surface area (Å²) in [6, 6.07) is 7.45. The van der Waals surface area contributed by atoms with Crippen LogP contribution in [-0.4, -0.2) is 35.1 Å². The molecule has 1 aliphatic heterocycles. The van der Waals surface area contributed by atoms with E-state index in [4.69, 9.17) is 0 Å². The van der Waals surface area contributed by atoms with E-state index in [2.05, 4.69) is 19.2 Å². The van der Waals surface area contributed by atoms with Gasteiger partial charge < -0.3 is 15.3 Å². The Labute approximate surface area is 125 Å². The van der Waals surface area contributed by atoms with Crippen molar-refractivity contribution in [2.75, 3.05) is 13.1 Å². The van der Waals surface area contributed by atoms with Crippen LogP contribution in [0.3, 0.4) is 0 Å². The van der Waals surface area contributed by atoms with E-state index in [9.17, 15) is 14.7 Å². The van der Waals surface area contributed by atoms with Gasteiger partial charge >= 0.3 is 12.0 Å². The monoisotopic (exact) mass is 290 g/mol. The van der Waals surface area contributed by atoms with Crippen molar-refractivity contribution in [2.24, 2.45) is 5.41 Å². The third kappa shape index (κ3) is 3.97. The number of carboxylic acids is 1. The van der Waals surface area contributed by atoms with Crippen molar-refractivity contribution < 1.29 is 14.7 Å². The van der Waals surface area contributed by atoms with E-state index in [1.165, 1.54) is 0 Å². The predicted molar refractivity (Wildman–Crippen MR) is 79.9 cm³/mol. The normalized spacial score (nSPS) is 18.9. The molecule has 1 saturated heterocycles. The Balaban J connectivity index is 2.07. The number of piperidine rings is 1. The minimum Gasteiger partial charge on any atom is -0.479 e. The molecule has 0 saturated carbocycles. The summed E-state index contributed by atoms with van der Waals surface area (Å²) in [5, 5.41) is 12.0. The number of hydrogen-bond donors (Lipinski definition) is 2. The lowest BCUT2D eigenvalue weighted by atomic mass is 9.84. The van der Waals surface area contributed by atoms with Crippen molar-refractivity contribution in [3.05, 3.63) is 35.9 Å². The van der Waals surface area contributed by atoms with Crippen LogP contribution in [0.5, 0.6) is 0 Å². The van der Waals surface area contributed by atoms with Crippen LogP contribution in [0.4, 0.5) is 4.79 Å². The fraction of sp³-hybridized carbons (Fsp3) is 0.500. The number of carbonyl (C=O) groups excluding carboxylic acids is 1. The molecular formula is C16H22N2O3. The van der Waals surface area contributed by atoms with Gasteiger partial charge in [0.25, 0.3) is 0 Å². The van der Waals surface area contributed by atoms with Gasteiger partial charge in [0, 0.05) is 13.1 Å². The maximum Gasteiger partial charge on any atom is 0.330 e. The smallest absolute Gasteiger partial charge is 0.330 e. The maximum absolute atomic E-state index is 12.3. The van der Waals surface area contributed by atoms with Crippen LogP contribution < -0.4 is 5.32 Å². The molecule has 1 aromatic carbocycles. The molecule has 1 atom stereocenters. The van der Waals surface area contributed by atoms with Gasteiger partial charge in [0.1, 0.15) is 0 Å². The van der Waals surface area contributed by atoms with E-state index in [1.54, 1.807) is 29.2 Å². The highest BCUT2D eigenvalue weighted by Crippen LogP contribution is 2.28. The van der Waals surface area contributed by atoms with Crippen LogP contribution in [0.2, 0.25) is 0 Å². The molecule has 114 valence electrons. The number of rotatable bonds is 3. The number of amides is 2. The molecule has 1 aromatic rings. The molecule has 0 unspecified atom stereocenters. The lowest BCUT2D eigenvalue weighted by Gasteiger charge is -2.38. The van der Waals surface area contributed by atoms with Gasteiger partial charge in [0.15, 0.2) is 6.04 Å². The van der Waals surface area contributed by atoms with Gasteiger partial charge in [-0.05, 0) is 23.8 Å². The molecule has 0 bridgehead atoms. The van der Waals surface area contributed by atoms with Crippen molar-refractivity contribution in [3.63, 3.8) is 0 Å². The van der Waals surface area contributed by atoms with Gasteiger partial charge in [0.05, 0.1) is 0 Å². The zero-order valence-electron chi connectivity index (χ0n) is 12.5. The molecule has 2 N–H and O–H groups in total. The Morgan fingerprint density at radius 1 is 1.29 bits per heavy atom. The van der Waals surface area contributed by atoms with Crippen LogP contribution >= 0.6 is 0 Å². The Hall–Kier alpha value is -2.04. The van der Waals surface area contributed by atoms with Crippen LogP contribution in [-0.2, 0) is 4.79 Å². The Morgan fingerprint density at radius 3 is 2.52 bits per heavy atom. The number of benzene rings is 1. The molecule has 0 aliphatic carbocycles. The zero-order chi connectivity index (χ0) is 15.5. The second kappa shape index (κ2) is 6.16. The van der Waals surface area contributed by atoms with Crippen LogP contribution in [0, 0.1) is 5.41 Å². The average molecular weight is 290 g/mol. The van der Waals surface area contributed by atoms with E-state index in [0.717, 1.165) is 12.8 Å². The molecule has 0 aromatic heterocycles. The quantitative estimate of drug-likeness (QED) is 0.899.